The van der Waals surface area contributed by atoms with Gasteiger partial charge >= 0.3 is 6.09 Å². The van der Waals surface area contributed by atoms with Crippen LogP contribution in [0, 0.1) is 5.92 Å². The number of nitrogens with one attached hydrogen (secondary N) is 1. The molecule has 2 aliphatic rings. The minimum Gasteiger partial charge on any atom is -0.465 e. The number of benzene rings is 1. The number of carboxylic acid groups (broad SMARTS) is 1. The molecule has 242 valence electrons. The van der Waals surface area contributed by atoms with Crippen molar-refractivity contribution in [3.8, 4) is 0 Å². The molecule has 11 heteroatoms. The first-order valence-corrected chi connectivity index (χ1v) is 19.1. The molecule has 3 aromatic rings. The van der Waals surface area contributed by atoms with E-state index in [0.29, 0.717) is 52.3 Å². The number of fused-ring (bicyclic) bond motifs is 1. The average molecular weight is 651 g/mol. The van der Waals surface area contributed by atoms with E-state index in [1.54, 1.807) is 0 Å². The predicted molar refractivity (Wildman–Crippen MR) is 180 cm³/mol. The minimum atomic E-state index is -2.15. The standard InChI is InChI=1S/C34H46N4O5SSi/c1-20(2)45(21(3)4,22(5)6)43-29-15-26(13-24(29)17-39)37-33-28(16-35-19-36-33)32(40)30-14-25(18-44-30)31-27-10-8-7-9-23(27)11-12-38(31)34(41)42/h7-10,14,16,18-22,24,26,29,31,39H,11-13,15,17H2,1-6H3,(H,41,42)(H,35,36,37)/t24-,26-,29+,31-/m1/s1. The third kappa shape index (κ3) is 6.45. The molecular formula is C34H46N4O5SSi. The van der Waals surface area contributed by atoms with Gasteiger partial charge in [-0.05, 0) is 64.0 Å². The van der Waals surface area contributed by atoms with Crippen LogP contribution in [0.1, 0.15) is 92.4 Å². The van der Waals surface area contributed by atoms with E-state index in [4.69, 9.17) is 4.43 Å². The average Bonchev–Trinajstić information content (AvgIpc) is 3.65. The van der Waals surface area contributed by atoms with Crippen molar-refractivity contribution in [3.05, 3.63) is 75.4 Å². The number of anilines is 1. The van der Waals surface area contributed by atoms with Crippen LogP contribution in [0.25, 0.3) is 0 Å². The topological polar surface area (TPSA) is 125 Å². The number of hydrogen-bond acceptors (Lipinski definition) is 8. The smallest absolute Gasteiger partial charge is 0.408 e. The van der Waals surface area contributed by atoms with Gasteiger partial charge in [-0.2, -0.15) is 0 Å². The quantitative estimate of drug-likeness (QED) is 0.148. The van der Waals surface area contributed by atoms with Crippen LogP contribution in [0.3, 0.4) is 0 Å². The maximum Gasteiger partial charge on any atom is 0.408 e. The summed E-state index contributed by atoms with van der Waals surface area (Å²) < 4.78 is 7.11. The summed E-state index contributed by atoms with van der Waals surface area (Å²) in [5.74, 6) is 0.250. The third-order valence-corrected chi connectivity index (χ3v) is 17.0. The molecule has 1 amide bonds. The Morgan fingerprint density at radius 1 is 1.11 bits per heavy atom. The maximum absolute atomic E-state index is 13.9. The van der Waals surface area contributed by atoms with E-state index in [9.17, 15) is 19.8 Å². The zero-order valence-corrected chi connectivity index (χ0v) is 28.9. The van der Waals surface area contributed by atoms with Crippen LogP contribution < -0.4 is 5.32 Å². The van der Waals surface area contributed by atoms with Crippen LogP contribution in [0.15, 0.2) is 48.2 Å². The Morgan fingerprint density at radius 3 is 2.49 bits per heavy atom. The number of nitrogens with zero attached hydrogens (tertiary/aromatic N) is 3. The van der Waals surface area contributed by atoms with Crippen LogP contribution in [0.2, 0.25) is 16.6 Å². The zero-order valence-electron chi connectivity index (χ0n) is 27.1. The Kier molecular flexibility index (Phi) is 10.1. The fraction of sp³-hybridized carbons (Fsp3) is 0.529. The molecule has 0 radical (unpaired) electrons. The van der Waals surface area contributed by atoms with Gasteiger partial charge in [0.1, 0.15) is 12.1 Å². The molecule has 0 unspecified atom stereocenters. The molecule has 0 spiro atoms. The van der Waals surface area contributed by atoms with Crippen molar-refractivity contribution in [1.29, 1.82) is 0 Å². The third-order valence-electron chi connectivity index (χ3n) is 9.91. The fourth-order valence-corrected chi connectivity index (χ4v) is 14.4. The second kappa shape index (κ2) is 13.7. The van der Waals surface area contributed by atoms with Crippen molar-refractivity contribution >= 4 is 37.3 Å². The number of amides is 1. The Bertz CT molecular complexity index is 1490. The Hall–Kier alpha value is -3.12. The highest BCUT2D eigenvalue weighted by Crippen LogP contribution is 2.46. The molecule has 0 saturated heterocycles. The summed E-state index contributed by atoms with van der Waals surface area (Å²) in [6.07, 6.45) is 4.02. The lowest BCUT2D eigenvalue weighted by Gasteiger charge is -2.45. The van der Waals surface area contributed by atoms with Gasteiger partial charge in [0.15, 0.2) is 0 Å². The number of carbonyl (C=O) groups excluding carboxylic acids is 1. The van der Waals surface area contributed by atoms with Gasteiger partial charge in [-0.3, -0.25) is 9.69 Å². The van der Waals surface area contributed by atoms with E-state index < -0.39 is 20.5 Å². The predicted octanol–water partition coefficient (Wildman–Crippen LogP) is 7.14. The van der Waals surface area contributed by atoms with Crippen LogP contribution in [0.4, 0.5) is 10.6 Å². The summed E-state index contributed by atoms with van der Waals surface area (Å²) in [5, 5.41) is 25.7. The molecule has 0 bridgehead atoms. The number of aliphatic hydroxyl groups is 1. The Morgan fingerprint density at radius 2 is 1.82 bits per heavy atom. The molecule has 1 aliphatic carbocycles. The van der Waals surface area contributed by atoms with Gasteiger partial charge in [-0.25, -0.2) is 14.8 Å². The number of aromatic nitrogens is 2. The summed E-state index contributed by atoms with van der Waals surface area (Å²) in [5.41, 5.74) is 4.53. The molecule has 1 aliphatic heterocycles. The van der Waals surface area contributed by atoms with Crippen LogP contribution in [-0.4, -0.2) is 70.6 Å². The second-order valence-electron chi connectivity index (χ2n) is 13.4. The van der Waals surface area contributed by atoms with Gasteiger partial charge in [-0.1, -0.05) is 65.8 Å². The minimum absolute atomic E-state index is 0.00187. The second-order valence-corrected chi connectivity index (χ2v) is 19.7. The first-order valence-electron chi connectivity index (χ1n) is 16.0. The molecule has 2 aromatic heterocycles. The van der Waals surface area contributed by atoms with E-state index in [0.717, 1.165) is 23.1 Å². The van der Waals surface area contributed by atoms with E-state index in [2.05, 4.69) is 56.8 Å². The maximum atomic E-state index is 13.9. The van der Waals surface area contributed by atoms with E-state index in [1.165, 1.54) is 28.8 Å². The van der Waals surface area contributed by atoms with E-state index in [1.807, 2.05) is 35.7 Å². The fourth-order valence-electron chi connectivity index (χ4n) is 7.89. The van der Waals surface area contributed by atoms with Gasteiger partial charge in [0, 0.05) is 31.3 Å². The number of aliphatic hydroxyl groups excluding tert-OH is 1. The molecule has 3 N–H and O–H groups in total. The number of ketones is 1. The van der Waals surface area contributed by atoms with Gasteiger partial charge in [0.25, 0.3) is 0 Å². The normalized spacial score (nSPS) is 21.9. The lowest BCUT2D eigenvalue weighted by atomic mass is 9.89. The SMILES string of the molecule is CC(C)[Si](O[C@H]1C[C@H](Nc2ncncc2C(=O)c2cc([C@@H]3c4ccccc4CCN3C(=O)O)cs2)C[C@@H]1CO)(C(C)C)C(C)C. The highest BCUT2D eigenvalue weighted by atomic mass is 32.1. The van der Waals surface area contributed by atoms with Gasteiger partial charge in [0.05, 0.1) is 22.6 Å². The molecule has 1 fully saturated rings. The van der Waals surface area contributed by atoms with Gasteiger partial charge in [0.2, 0.25) is 14.1 Å². The molecule has 1 aromatic carbocycles. The lowest BCUT2D eigenvalue weighted by molar-refractivity contribution is 0.0941. The summed E-state index contributed by atoms with van der Waals surface area (Å²) in [4.78, 5) is 36.7. The molecule has 1 saturated carbocycles. The Balaban J connectivity index is 1.37. The molecule has 5 rings (SSSR count). The largest absolute Gasteiger partial charge is 0.465 e. The van der Waals surface area contributed by atoms with Crippen LogP contribution in [0.5, 0.6) is 0 Å². The van der Waals surface area contributed by atoms with E-state index in [-0.39, 0.29) is 30.5 Å². The molecule has 45 heavy (non-hydrogen) atoms. The van der Waals surface area contributed by atoms with Crippen molar-refractivity contribution in [1.82, 2.24) is 14.9 Å². The Labute approximate surface area is 271 Å². The summed E-state index contributed by atoms with van der Waals surface area (Å²) in [6.45, 7) is 14.1. The van der Waals surface area contributed by atoms with E-state index >= 15 is 0 Å². The molecule has 9 nitrogen and oxygen atoms in total. The lowest BCUT2D eigenvalue weighted by Crippen LogP contribution is -2.51. The van der Waals surface area contributed by atoms with Gasteiger partial charge < -0.3 is 20.0 Å². The number of rotatable bonds is 11. The molecule has 3 heterocycles. The molecular weight excluding hydrogens is 605 g/mol. The number of thiophene rings is 1. The van der Waals surface area contributed by atoms with Crippen LogP contribution in [-0.2, 0) is 10.8 Å². The number of carbonyl (C=O) groups is 2. The number of hydrogen-bond donors (Lipinski definition) is 3. The monoisotopic (exact) mass is 650 g/mol. The van der Waals surface area contributed by atoms with Crippen molar-refractivity contribution in [3.63, 3.8) is 0 Å². The highest BCUT2D eigenvalue weighted by molar-refractivity contribution is 7.12. The van der Waals surface area contributed by atoms with Crippen molar-refractivity contribution in [2.45, 2.75) is 95.6 Å². The summed E-state index contributed by atoms with van der Waals surface area (Å²) in [6, 6.07) is 9.21. The molecule has 4 atom stereocenters. The van der Waals surface area contributed by atoms with Crippen LogP contribution >= 0.6 is 11.3 Å². The first-order chi connectivity index (χ1) is 21.5. The summed E-state index contributed by atoms with van der Waals surface area (Å²) >= 11 is 1.30. The summed E-state index contributed by atoms with van der Waals surface area (Å²) in [7, 11) is -2.15. The van der Waals surface area contributed by atoms with Crippen molar-refractivity contribution in [2.24, 2.45) is 5.92 Å². The van der Waals surface area contributed by atoms with Gasteiger partial charge in [-0.15, -0.1) is 11.3 Å². The zero-order chi connectivity index (χ0) is 32.5. The van der Waals surface area contributed by atoms with Crippen molar-refractivity contribution in [2.75, 3.05) is 18.5 Å². The van der Waals surface area contributed by atoms with Crippen molar-refractivity contribution < 1.29 is 24.2 Å². The first kappa shape index (κ1) is 33.2. The highest BCUT2D eigenvalue weighted by Gasteiger charge is 2.49.